The van der Waals surface area contributed by atoms with E-state index in [0.29, 0.717) is 17.8 Å². The molecule has 0 saturated heterocycles. The zero-order chi connectivity index (χ0) is 15.1. The van der Waals surface area contributed by atoms with Gasteiger partial charge in [-0.15, -0.1) is 0 Å². The summed E-state index contributed by atoms with van der Waals surface area (Å²) in [6.07, 6.45) is 2.14. The zero-order valence-corrected chi connectivity index (χ0v) is 11.8. The molecule has 1 rings (SSSR count). The van der Waals surface area contributed by atoms with Crippen LogP contribution in [-0.2, 0) is 16.0 Å². The van der Waals surface area contributed by atoms with Gasteiger partial charge >= 0.3 is 5.97 Å². The molecule has 110 valence electrons. The summed E-state index contributed by atoms with van der Waals surface area (Å²) < 4.78 is 0. The topological polar surface area (TPSA) is 105 Å². The third kappa shape index (κ3) is 5.69. The third-order valence-electron chi connectivity index (χ3n) is 2.84. The molecule has 6 heteroatoms. The maximum atomic E-state index is 11.7. The second-order valence-electron chi connectivity index (χ2n) is 5.23. The minimum Gasteiger partial charge on any atom is -0.481 e. The highest BCUT2D eigenvalue weighted by Crippen LogP contribution is 2.11. The Hall–Kier alpha value is -2.11. The van der Waals surface area contributed by atoms with Crippen LogP contribution in [0.1, 0.15) is 26.0 Å². The number of hydrogen-bond acceptors (Lipinski definition) is 4. The van der Waals surface area contributed by atoms with Gasteiger partial charge in [-0.25, -0.2) is 0 Å². The van der Waals surface area contributed by atoms with Crippen LogP contribution in [-0.4, -0.2) is 28.5 Å². The number of aliphatic carboxylic acids is 1. The maximum Gasteiger partial charge on any atom is 0.308 e. The van der Waals surface area contributed by atoms with Crippen LogP contribution in [0.5, 0.6) is 0 Å². The van der Waals surface area contributed by atoms with Crippen molar-refractivity contribution >= 4 is 17.6 Å². The predicted molar refractivity (Wildman–Crippen MR) is 75.9 cm³/mol. The molecule has 0 aliphatic carbocycles. The molecule has 1 amide bonds. The number of aromatic nitrogens is 1. The standard InChI is InChI=1S/C14H21N3O3/c1-9(2)5-10(14(19)20)7-17-13(18)6-12-4-3-11(15)8-16-12/h3-4,8-10H,5-7,15H2,1-2H3,(H,17,18)(H,19,20). The Bertz CT molecular complexity index is 457. The zero-order valence-electron chi connectivity index (χ0n) is 11.8. The van der Waals surface area contributed by atoms with Gasteiger partial charge in [-0.1, -0.05) is 13.8 Å². The normalized spacial score (nSPS) is 12.2. The summed E-state index contributed by atoms with van der Waals surface area (Å²) in [7, 11) is 0. The van der Waals surface area contributed by atoms with E-state index in [0.717, 1.165) is 0 Å². The van der Waals surface area contributed by atoms with Crippen LogP contribution in [0.3, 0.4) is 0 Å². The van der Waals surface area contributed by atoms with E-state index < -0.39 is 11.9 Å². The van der Waals surface area contributed by atoms with Crippen molar-refractivity contribution in [3.8, 4) is 0 Å². The van der Waals surface area contributed by atoms with Gasteiger partial charge in [0.2, 0.25) is 5.91 Å². The van der Waals surface area contributed by atoms with Crippen molar-refractivity contribution < 1.29 is 14.7 Å². The number of carbonyl (C=O) groups is 2. The van der Waals surface area contributed by atoms with E-state index in [9.17, 15) is 9.59 Å². The van der Waals surface area contributed by atoms with Gasteiger partial charge in [-0.2, -0.15) is 0 Å². The van der Waals surface area contributed by atoms with Crippen LogP contribution in [0.4, 0.5) is 5.69 Å². The van der Waals surface area contributed by atoms with Crippen LogP contribution in [0.2, 0.25) is 0 Å². The number of nitrogens with one attached hydrogen (secondary N) is 1. The molecule has 0 bridgehead atoms. The predicted octanol–water partition coefficient (Wildman–Crippen LogP) is 1.07. The first-order chi connectivity index (χ1) is 9.38. The molecule has 0 aliphatic rings. The van der Waals surface area contributed by atoms with Crippen molar-refractivity contribution in [2.24, 2.45) is 11.8 Å². The summed E-state index contributed by atoms with van der Waals surface area (Å²) >= 11 is 0. The van der Waals surface area contributed by atoms with E-state index in [-0.39, 0.29) is 24.8 Å². The summed E-state index contributed by atoms with van der Waals surface area (Å²) in [4.78, 5) is 26.8. The Kier molecular flexibility index (Phi) is 5.96. The highest BCUT2D eigenvalue weighted by molar-refractivity contribution is 5.79. The van der Waals surface area contributed by atoms with E-state index in [1.165, 1.54) is 6.20 Å². The van der Waals surface area contributed by atoms with Crippen molar-refractivity contribution in [2.45, 2.75) is 26.7 Å². The fourth-order valence-corrected chi connectivity index (χ4v) is 1.85. The number of nitrogens with two attached hydrogens (primary N) is 1. The average Bonchev–Trinajstić information content (AvgIpc) is 2.36. The first-order valence-corrected chi connectivity index (χ1v) is 6.58. The second kappa shape index (κ2) is 7.47. The Labute approximate surface area is 118 Å². The van der Waals surface area contributed by atoms with Crippen LogP contribution >= 0.6 is 0 Å². The van der Waals surface area contributed by atoms with Crippen molar-refractivity contribution in [3.05, 3.63) is 24.0 Å². The van der Waals surface area contributed by atoms with E-state index in [1.54, 1.807) is 12.1 Å². The number of anilines is 1. The molecule has 0 aliphatic heterocycles. The molecular weight excluding hydrogens is 258 g/mol. The average molecular weight is 279 g/mol. The number of carbonyl (C=O) groups excluding carboxylic acids is 1. The molecule has 1 unspecified atom stereocenters. The van der Waals surface area contributed by atoms with Crippen LogP contribution in [0, 0.1) is 11.8 Å². The minimum absolute atomic E-state index is 0.119. The van der Waals surface area contributed by atoms with Crippen molar-refractivity contribution in [1.29, 1.82) is 0 Å². The van der Waals surface area contributed by atoms with E-state index in [4.69, 9.17) is 10.8 Å². The van der Waals surface area contributed by atoms with Crippen molar-refractivity contribution in [2.75, 3.05) is 12.3 Å². The van der Waals surface area contributed by atoms with Gasteiger partial charge in [0.05, 0.1) is 24.2 Å². The Morgan fingerprint density at radius 3 is 2.60 bits per heavy atom. The van der Waals surface area contributed by atoms with Gasteiger partial charge in [0.25, 0.3) is 0 Å². The number of carboxylic acid groups (broad SMARTS) is 1. The number of carboxylic acids is 1. The van der Waals surface area contributed by atoms with Crippen LogP contribution in [0.15, 0.2) is 18.3 Å². The largest absolute Gasteiger partial charge is 0.481 e. The van der Waals surface area contributed by atoms with Crippen molar-refractivity contribution in [1.82, 2.24) is 10.3 Å². The Morgan fingerprint density at radius 2 is 2.10 bits per heavy atom. The number of nitrogens with zero attached hydrogens (tertiary/aromatic N) is 1. The molecule has 4 N–H and O–H groups in total. The molecule has 0 spiro atoms. The molecule has 1 aromatic rings. The lowest BCUT2D eigenvalue weighted by atomic mass is 9.97. The third-order valence-corrected chi connectivity index (χ3v) is 2.84. The fraction of sp³-hybridized carbons (Fsp3) is 0.500. The quantitative estimate of drug-likeness (QED) is 0.692. The lowest BCUT2D eigenvalue weighted by Crippen LogP contribution is -2.34. The molecule has 0 aromatic carbocycles. The Morgan fingerprint density at radius 1 is 1.40 bits per heavy atom. The number of amides is 1. The lowest BCUT2D eigenvalue weighted by Gasteiger charge is -2.15. The van der Waals surface area contributed by atoms with Gasteiger partial charge in [0.1, 0.15) is 0 Å². The number of pyridine rings is 1. The van der Waals surface area contributed by atoms with Gasteiger partial charge in [0, 0.05) is 12.2 Å². The van der Waals surface area contributed by atoms with Gasteiger partial charge < -0.3 is 16.2 Å². The lowest BCUT2D eigenvalue weighted by molar-refractivity contribution is -0.142. The van der Waals surface area contributed by atoms with E-state index in [1.807, 2.05) is 13.8 Å². The molecule has 0 saturated carbocycles. The van der Waals surface area contributed by atoms with Gasteiger partial charge in [-0.3, -0.25) is 14.6 Å². The first-order valence-electron chi connectivity index (χ1n) is 6.58. The molecule has 1 heterocycles. The van der Waals surface area contributed by atoms with Crippen LogP contribution < -0.4 is 11.1 Å². The molecule has 0 radical (unpaired) electrons. The van der Waals surface area contributed by atoms with E-state index >= 15 is 0 Å². The SMILES string of the molecule is CC(C)CC(CNC(=O)Cc1ccc(N)cn1)C(=O)O. The number of rotatable bonds is 7. The Balaban J connectivity index is 2.45. The summed E-state index contributed by atoms with van der Waals surface area (Å²) in [5.41, 5.74) is 6.65. The summed E-state index contributed by atoms with van der Waals surface area (Å²) in [6.45, 7) is 4.05. The molecule has 6 nitrogen and oxygen atoms in total. The van der Waals surface area contributed by atoms with Crippen LogP contribution in [0.25, 0.3) is 0 Å². The van der Waals surface area contributed by atoms with Crippen molar-refractivity contribution in [3.63, 3.8) is 0 Å². The maximum absolute atomic E-state index is 11.7. The molecule has 1 aromatic heterocycles. The van der Waals surface area contributed by atoms with Gasteiger partial charge in [-0.05, 0) is 24.5 Å². The molecule has 0 fully saturated rings. The van der Waals surface area contributed by atoms with Gasteiger partial charge in [0.15, 0.2) is 0 Å². The molecular formula is C14H21N3O3. The summed E-state index contributed by atoms with van der Waals surface area (Å²) in [6, 6.07) is 3.35. The minimum atomic E-state index is -0.885. The summed E-state index contributed by atoms with van der Waals surface area (Å²) in [5, 5.41) is 11.7. The summed E-state index contributed by atoms with van der Waals surface area (Å²) in [5.74, 6) is -1.41. The second-order valence-corrected chi connectivity index (χ2v) is 5.23. The fourth-order valence-electron chi connectivity index (χ4n) is 1.85. The molecule has 20 heavy (non-hydrogen) atoms. The monoisotopic (exact) mass is 279 g/mol. The highest BCUT2D eigenvalue weighted by Gasteiger charge is 2.19. The first kappa shape index (κ1) is 15.9. The van der Waals surface area contributed by atoms with E-state index in [2.05, 4.69) is 10.3 Å². The number of hydrogen-bond donors (Lipinski definition) is 3. The molecule has 1 atom stereocenters. The highest BCUT2D eigenvalue weighted by atomic mass is 16.4. The number of nitrogen functional groups attached to an aromatic ring is 1. The smallest absolute Gasteiger partial charge is 0.308 e.